The molecule has 14 heavy (non-hydrogen) atoms. The molecule has 0 fully saturated rings. The van der Waals surface area contributed by atoms with Crippen molar-refractivity contribution >= 4 is 5.69 Å². The Morgan fingerprint density at radius 1 is 1.36 bits per heavy atom. The quantitative estimate of drug-likeness (QED) is 0.708. The Morgan fingerprint density at radius 3 is 2.57 bits per heavy atom. The Hall–Kier alpha value is -1.42. The zero-order valence-electron chi connectivity index (χ0n) is 8.36. The first-order chi connectivity index (χ1) is 6.61. The Kier molecular flexibility index (Phi) is 3.59. The summed E-state index contributed by atoms with van der Waals surface area (Å²) in [6.45, 7) is 1.90. The van der Waals surface area contributed by atoms with Gasteiger partial charge in [-0.2, -0.15) is 0 Å². The van der Waals surface area contributed by atoms with Gasteiger partial charge >= 0.3 is 0 Å². The van der Waals surface area contributed by atoms with Crippen molar-refractivity contribution in [1.82, 2.24) is 0 Å². The van der Waals surface area contributed by atoms with Gasteiger partial charge in [0.1, 0.15) is 18.1 Å². The summed E-state index contributed by atoms with van der Waals surface area (Å²) in [6.07, 6.45) is -0.498. The molecule has 0 bridgehead atoms. The van der Waals surface area contributed by atoms with Crippen LogP contribution in [0.5, 0.6) is 11.5 Å². The molecule has 0 aliphatic rings. The van der Waals surface area contributed by atoms with Gasteiger partial charge in [-0.25, -0.2) is 0 Å². The molecule has 1 aromatic rings. The molecule has 0 heterocycles. The van der Waals surface area contributed by atoms with Crippen LogP contribution in [0.1, 0.15) is 6.92 Å². The predicted octanol–water partition coefficient (Wildman–Crippen LogP) is 1.04. The minimum Gasteiger partial charge on any atom is -0.497 e. The highest BCUT2D eigenvalue weighted by atomic mass is 16.5. The number of hydrogen-bond donors (Lipinski definition) is 2. The number of hydrogen-bond acceptors (Lipinski definition) is 4. The number of benzene rings is 1. The molecule has 0 aromatic heterocycles. The maximum absolute atomic E-state index is 9.02. The molecule has 0 radical (unpaired) electrons. The standard InChI is InChI=1S/C10H15NO3/c1-7(12)6-14-10-4-8(11)3-9(5-10)13-2/h3-5,7,12H,6,11H2,1-2H3. The molecule has 0 saturated carbocycles. The molecule has 0 aliphatic heterocycles. The second-order valence-corrected chi connectivity index (χ2v) is 3.10. The average molecular weight is 197 g/mol. The van der Waals surface area contributed by atoms with Crippen molar-refractivity contribution in [1.29, 1.82) is 0 Å². The van der Waals surface area contributed by atoms with Gasteiger partial charge < -0.3 is 20.3 Å². The molecule has 0 spiro atoms. The summed E-state index contributed by atoms with van der Waals surface area (Å²) >= 11 is 0. The lowest BCUT2D eigenvalue weighted by molar-refractivity contribution is 0.122. The lowest BCUT2D eigenvalue weighted by atomic mass is 10.3. The fraction of sp³-hybridized carbons (Fsp3) is 0.400. The lowest BCUT2D eigenvalue weighted by Gasteiger charge is -2.10. The van der Waals surface area contributed by atoms with Crippen LogP contribution in [-0.2, 0) is 0 Å². The van der Waals surface area contributed by atoms with Crippen molar-refractivity contribution in [3.8, 4) is 11.5 Å². The summed E-state index contributed by atoms with van der Waals surface area (Å²) in [5.74, 6) is 1.24. The number of aliphatic hydroxyl groups excluding tert-OH is 1. The van der Waals surface area contributed by atoms with Crippen molar-refractivity contribution in [3.63, 3.8) is 0 Å². The molecule has 4 nitrogen and oxygen atoms in total. The maximum atomic E-state index is 9.02. The number of methoxy groups -OCH3 is 1. The topological polar surface area (TPSA) is 64.7 Å². The van der Waals surface area contributed by atoms with E-state index in [0.717, 1.165) is 0 Å². The van der Waals surface area contributed by atoms with Gasteiger partial charge in [-0.15, -0.1) is 0 Å². The Balaban J connectivity index is 2.71. The summed E-state index contributed by atoms with van der Waals surface area (Å²) in [7, 11) is 1.56. The summed E-state index contributed by atoms with van der Waals surface area (Å²) in [6, 6.07) is 5.11. The van der Waals surface area contributed by atoms with Crippen LogP contribution in [0.25, 0.3) is 0 Å². The van der Waals surface area contributed by atoms with Crippen LogP contribution in [0.4, 0.5) is 5.69 Å². The molecule has 1 unspecified atom stereocenters. The zero-order chi connectivity index (χ0) is 10.6. The van der Waals surface area contributed by atoms with E-state index in [0.29, 0.717) is 17.2 Å². The average Bonchev–Trinajstić information content (AvgIpc) is 2.14. The second-order valence-electron chi connectivity index (χ2n) is 3.10. The highest BCUT2D eigenvalue weighted by Gasteiger charge is 2.01. The number of aliphatic hydroxyl groups is 1. The number of ether oxygens (including phenoxy) is 2. The van der Waals surface area contributed by atoms with E-state index in [1.807, 2.05) is 0 Å². The van der Waals surface area contributed by atoms with Gasteiger partial charge in [0.2, 0.25) is 0 Å². The van der Waals surface area contributed by atoms with Gasteiger partial charge in [0.05, 0.1) is 13.2 Å². The van der Waals surface area contributed by atoms with Crippen LogP contribution < -0.4 is 15.2 Å². The largest absolute Gasteiger partial charge is 0.497 e. The van der Waals surface area contributed by atoms with Crippen molar-refractivity contribution < 1.29 is 14.6 Å². The fourth-order valence-electron chi connectivity index (χ4n) is 1.01. The molecule has 0 aliphatic carbocycles. The van der Waals surface area contributed by atoms with E-state index in [9.17, 15) is 0 Å². The molecule has 0 amide bonds. The van der Waals surface area contributed by atoms with Gasteiger partial charge in [0.25, 0.3) is 0 Å². The normalized spacial score (nSPS) is 12.2. The predicted molar refractivity (Wildman–Crippen MR) is 54.6 cm³/mol. The van der Waals surface area contributed by atoms with Crippen molar-refractivity contribution in [2.45, 2.75) is 13.0 Å². The van der Waals surface area contributed by atoms with E-state index >= 15 is 0 Å². The van der Waals surface area contributed by atoms with Gasteiger partial charge in [-0.1, -0.05) is 0 Å². The van der Waals surface area contributed by atoms with Crippen LogP contribution in [-0.4, -0.2) is 24.9 Å². The highest BCUT2D eigenvalue weighted by Crippen LogP contribution is 2.23. The molecule has 1 aromatic carbocycles. The Labute approximate surface area is 83.3 Å². The van der Waals surface area contributed by atoms with Crippen LogP contribution in [0.15, 0.2) is 18.2 Å². The van der Waals surface area contributed by atoms with E-state index in [4.69, 9.17) is 20.3 Å². The van der Waals surface area contributed by atoms with Crippen LogP contribution in [0, 0.1) is 0 Å². The third-order valence-corrected chi connectivity index (χ3v) is 1.63. The lowest BCUT2D eigenvalue weighted by Crippen LogP contribution is -2.12. The molecule has 3 N–H and O–H groups in total. The zero-order valence-corrected chi connectivity index (χ0v) is 8.36. The SMILES string of the molecule is COc1cc(N)cc(OCC(C)O)c1. The molecule has 4 heteroatoms. The van der Waals surface area contributed by atoms with Crippen LogP contribution >= 0.6 is 0 Å². The van der Waals surface area contributed by atoms with Crippen LogP contribution in [0.2, 0.25) is 0 Å². The maximum Gasteiger partial charge on any atom is 0.125 e. The first-order valence-electron chi connectivity index (χ1n) is 4.37. The minimum atomic E-state index is -0.498. The van der Waals surface area contributed by atoms with E-state index < -0.39 is 6.10 Å². The molecular weight excluding hydrogens is 182 g/mol. The molecule has 0 saturated heterocycles. The number of nitrogen functional groups attached to an aromatic ring is 1. The Bertz CT molecular complexity index is 299. The summed E-state index contributed by atoms with van der Waals surface area (Å²) in [4.78, 5) is 0. The fourth-order valence-corrected chi connectivity index (χ4v) is 1.01. The number of anilines is 1. The third kappa shape index (κ3) is 3.14. The molecule has 1 atom stereocenters. The first kappa shape index (κ1) is 10.7. The van der Waals surface area contributed by atoms with Crippen molar-refractivity contribution in [2.75, 3.05) is 19.5 Å². The summed E-state index contributed by atoms with van der Waals surface area (Å²) in [5.41, 5.74) is 6.19. The van der Waals surface area contributed by atoms with Gasteiger partial charge in [0.15, 0.2) is 0 Å². The number of nitrogens with two attached hydrogens (primary N) is 1. The first-order valence-corrected chi connectivity index (χ1v) is 4.37. The van der Waals surface area contributed by atoms with Crippen LogP contribution in [0.3, 0.4) is 0 Å². The van der Waals surface area contributed by atoms with E-state index in [2.05, 4.69) is 0 Å². The third-order valence-electron chi connectivity index (χ3n) is 1.63. The van der Waals surface area contributed by atoms with Crippen molar-refractivity contribution in [3.05, 3.63) is 18.2 Å². The van der Waals surface area contributed by atoms with E-state index in [-0.39, 0.29) is 6.61 Å². The molecule has 78 valence electrons. The molecular formula is C10H15NO3. The summed E-state index contributed by atoms with van der Waals surface area (Å²) < 4.78 is 10.3. The summed E-state index contributed by atoms with van der Waals surface area (Å²) in [5, 5.41) is 9.02. The van der Waals surface area contributed by atoms with Gasteiger partial charge in [0, 0.05) is 23.9 Å². The minimum absolute atomic E-state index is 0.243. The van der Waals surface area contributed by atoms with E-state index in [1.54, 1.807) is 32.2 Å². The Morgan fingerprint density at radius 2 is 2.00 bits per heavy atom. The van der Waals surface area contributed by atoms with Gasteiger partial charge in [-0.3, -0.25) is 0 Å². The second kappa shape index (κ2) is 4.72. The monoisotopic (exact) mass is 197 g/mol. The van der Waals surface area contributed by atoms with E-state index in [1.165, 1.54) is 0 Å². The molecule has 1 rings (SSSR count). The van der Waals surface area contributed by atoms with Crippen molar-refractivity contribution in [2.24, 2.45) is 0 Å². The number of rotatable bonds is 4. The smallest absolute Gasteiger partial charge is 0.125 e. The van der Waals surface area contributed by atoms with Gasteiger partial charge in [-0.05, 0) is 6.92 Å². The highest BCUT2D eigenvalue weighted by molar-refractivity contribution is 5.50.